The van der Waals surface area contributed by atoms with Crippen LogP contribution in [0, 0.1) is 12.8 Å². The molecule has 0 atom stereocenters. The zero-order chi connectivity index (χ0) is 17.8. The highest BCUT2D eigenvalue weighted by molar-refractivity contribution is 5.77. The second kappa shape index (κ2) is 7.96. The number of pyridine rings is 1. The molecule has 1 aliphatic rings. The Hall–Kier alpha value is -2.26. The lowest BCUT2D eigenvalue weighted by atomic mass is 9.93. The lowest BCUT2D eigenvalue weighted by molar-refractivity contribution is 0.274. The van der Waals surface area contributed by atoms with Crippen LogP contribution in [0.4, 0.5) is 0 Å². The van der Waals surface area contributed by atoms with E-state index in [4.69, 9.17) is 4.74 Å². The second-order valence-electron chi connectivity index (χ2n) is 7.32. The Morgan fingerprint density at radius 2 is 1.85 bits per heavy atom. The van der Waals surface area contributed by atoms with Crippen LogP contribution in [0.15, 0.2) is 54.7 Å². The molecule has 1 aliphatic heterocycles. The van der Waals surface area contributed by atoms with Crippen molar-refractivity contribution in [2.45, 2.75) is 32.6 Å². The van der Waals surface area contributed by atoms with Gasteiger partial charge in [0.1, 0.15) is 5.75 Å². The molecule has 0 radical (unpaired) electrons. The van der Waals surface area contributed by atoms with Crippen molar-refractivity contribution >= 4 is 5.52 Å². The van der Waals surface area contributed by atoms with Gasteiger partial charge in [0.2, 0.25) is 0 Å². The zero-order valence-electron chi connectivity index (χ0n) is 15.6. The summed E-state index contributed by atoms with van der Waals surface area (Å²) in [7, 11) is 0. The summed E-state index contributed by atoms with van der Waals surface area (Å²) in [6, 6.07) is 17.0. The minimum atomic E-state index is 0.799. The van der Waals surface area contributed by atoms with Gasteiger partial charge in [0.15, 0.2) is 0 Å². The van der Waals surface area contributed by atoms with E-state index in [1.807, 2.05) is 0 Å². The summed E-state index contributed by atoms with van der Waals surface area (Å²) >= 11 is 0. The third kappa shape index (κ3) is 3.63. The van der Waals surface area contributed by atoms with Crippen molar-refractivity contribution in [1.82, 2.24) is 9.72 Å². The Balaban J connectivity index is 1.47. The number of aromatic nitrogens is 1. The summed E-state index contributed by atoms with van der Waals surface area (Å²) in [6.07, 6.45) is 7.16. The van der Waals surface area contributed by atoms with E-state index in [1.165, 1.54) is 54.7 Å². The fourth-order valence-electron chi connectivity index (χ4n) is 4.07. The smallest absolute Gasteiger partial charge is 0.127 e. The molecule has 26 heavy (non-hydrogen) atoms. The molecule has 1 N–H and O–H groups in total. The molecule has 1 saturated heterocycles. The Bertz CT molecular complexity index is 862. The van der Waals surface area contributed by atoms with E-state index in [2.05, 4.69) is 71.4 Å². The molecular formula is C23H28N2O. The van der Waals surface area contributed by atoms with Crippen LogP contribution in [-0.4, -0.2) is 24.1 Å². The molecule has 3 heteroatoms. The Labute approximate surface area is 156 Å². The number of hydrogen-bond acceptors (Lipinski definition) is 2. The number of aryl methyl sites for hydroxylation is 1. The maximum atomic E-state index is 6.21. The molecule has 136 valence electrons. The number of nitrogens with one attached hydrogen (secondary N) is 1. The number of nitrogens with zero attached hydrogens (tertiary/aromatic N) is 1. The third-order valence-corrected chi connectivity index (χ3v) is 5.59. The lowest BCUT2D eigenvalue weighted by Crippen LogP contribution is -2.27. The molecular weight excluding hydrogens is 320 g/mol. The largest absolute Gasteiger partial charge is 0.493 e. The van der Waals surface area contributed by atoms with Gasteiger partial charge in [-0.05, 0) is 75.9 Å². The lowest BCUT2D eigenvalue weighted by Gasteiger charge is -2.22. The number of piperidine rings is 1. The fourth-order valence-corrected chi connectivity index (χ4v) is 4.07. The van der Waals surface area contributed by atoms with E-state index in [1.54, 1.807) is 0 Å². The number of ether oxygens (including phenoxy) is 1. The Kier molecular flexibility index (Phi) is 5.26. The van der Waals surface area contributed by atoms with E-state index in [0.717, 1.165) is 24.7 Å². The van der Waals surface area contributed by atoms with Crippen LogP contribution >= 0.6 is 0 Å². The van der Waals surface area contributed by atoms with Crippen molar-refractivity contribution in [1.29, 1.82) is 0 Å². The van der Waals surface area contributed by atoms with Gasteiger partial charge < -0.3 is 14.5 Å². The highest BCUT2D eigenvalue weighted by atomic mass is 16.5. The maximum absolute atomic E-state index is 6.21. The second-order valence-corrected chi connectivity index (χ2v) is 7.32. The zero-order valence-corrected chi connectivity index (χ0v) is 15.6. The van der Waals surface area contributed by atoms with Crippen molar-refractivity contribution in [2.75, 3.05) is 19.7 Å². The third-order valence-electron chi connectivity index (χ3n) is 5.59. The predicted molar refractivity (Wildman–Crippen MR) is 108 cm³/mol. The summed E-state index contributed by atoms with van der Waals surface area (Å²) in [4.78, 5) is 0. The average Bonchev–Trinajstić information content (AvgIpc) is 3.03. The number of hydrogen-bond donors (Lipinski definition) is 1. The van der Waals surface area contributed by atoms with Gasteiger partial charge in [-0.3, -0.25) is 0 Å². The SMILES string of the molecule is Cc1c(-c2ccccc2OCCCC2CCNCC2)cc2ccccn12. The van der Waals surface area contributed by atoms with Gasteiger partial charge in [-0.2, -0.15) is 0 Å². The van der Waals surface area contributed by atoms with Crippen molar-refractivity contribution in [3.05, 3.63) is 60.4 Å². The molecule has 0 amide bonds. The van der Waals surface area contributed by atoms with Crippen LogP contribution in [0.1, 0.15) is 31.4 Å². The normalized spacial score (nSPS) is 15.4. The maximum Gasteiger partial charge on any atom is 0.127 e. The minimum absolute atomic E-state index is 0.799. The summed E-state index contributed by atoms with van der Waals surface area (Å²) < 4.78 is 8.45. The first-order valence-electron chi connectivity index (χ1n) is 9.82. The van der Waals surface area contributed by atoms with Crippen LogP contribution in [0.25, 0.3) is 16.6 Å². The first-order valence-corrected chi connectivity index (χ1v) is 9.82. The minimum Gasteiger partial charge on any atom is -0.493 e. The number of rotatable bonds is 6. The van der Waals surface area contributed by atoms with Crippen LogP contribution in [0.2, 0.25) is 0 Å². The first kappa shape index (κ1) is 17.2. The number of para-hydroxylation sites is 1. The van der Waals surface area contributed by atoms with Gasteiger partial charge in [0.25, 0.3) is 0 Å². The molecule has 3 nitrogen and oxygen atoms in total. The van der Waals surface area contributed by atoms with E-state index < -0.39 is 0 Å². The van der Waals surface area contributed by atoms with Gasteiger partial charge in [0, 0.05) is 28.5 Å². The van der Waals surface area contributed by atoms with Gasteiger partial charge in [-0.25, -0.2) is 0 Å². The summed E-state index contributed by atoms with van der Waals surface area (Å²) in [5, 5.41) is 3.44. The van der Waals surface area contributed by atoms with Crippen molar-refractivity contribution in [3.8, 4) is 16.9 Å². The highest BCUT2D eigenvalue weighted by Crippen LogP contribution is 2.34. The monoisotopic (exact) mass is 348 g/mol. The van der Waals surface area contributed by atoms with Gasteiger partial charge >= 0.3 is 0 Å². The van der Waals surface area contributed by atoms with Crippen molar-refractivity contribution in [3.63, 3.8) is 0 Å². The molecule has 3 aromatic rings. The summed E-state index contributed by atoms with van der Waals surface area (Å²) in [5.41, 5.74) is 4.92. The molecule has 4 rings (SSSR count). The van der Waals surface area contributed by atoms with Gasteiger partial charge in [-0.15, -0.1) is 0 Å². The average molecular weight is 348 g/mol. The topological polar surface area (TPSA) is 25.7 Å². The van der Waals surface area contributed by atoms with Crippen molar-refractivity contribution < 1.29 is 4.74 Å². The van der Waals surface area contributed by atoms with Crippen LogP contribution in [0.3, 0.4) is 0 Å². The molecule has 0 spiro atoms. The Morgan fingerprint density at radius 3 is 2.69 bits per heavy atom. The quantitative estimate of drug-likeness (QED) is 0.629. The summed E-state index contributed by atoms with van der Waals surface area (Å²) in [6.45, 7) is 5.33. The number of fused-ring (bicyclic) bond motifs is 1. The predicted octanol–water partition coefficient (Wildman–Crippen LogP) is 5.07. The molecule has 1 aromatic carbocycles. The molecule has 2 aromatic heterocycles. The molecule has 0 unspecified atom stereocenters. The standard InChI is InChI=1S/C23H28N2O/c1-18-22(17-20-8-4-5-15-25(18)20)21-9-2-3-10-23(21)26-16-6-7-19-11-13-24-14-12-19/h2-5,8-10,15,17,19,24H,6-7,11-14,16H2,1H3. The van der Waals surface area contributed by atoms with Crippen LogP contribution in [-0.2, 0) is 0 Å². The molecule has 0 bridgehead atoms. The van der Waals surface area contributed by atoms with Gasteiger partial charge in [0.05, 0.1) is 6.61 Å². The first-order chi connectivity index (χ1) is 12.8. The van der Waals surface area contributed by atoms with Crippen LogP contribution in [0.5, 0.6) is 5.75 Å². The Morgan fingerprint density at radius 1 is 1.04 bits per heavy atom. The molecule has 3 heterocycles. The molecule has 0 aliphatic carbocycles. The van der Waals surface area contributed by atoms with Crippen LogP contribution < -0.4 is 10.1 Å². The van der Waals surface area contributed by atoms with E-state index in [0.29, 0.717) is 0 Å². The van der Waals surface area contributed by atoms with Crippen molar-refractivity contribution in [2.24, 2.45) is 5.92 Å². The number of benzene rings is 1. The highest BCUT2D eigenvalue weighted by Gasteiger charge is 2.14. The van der Waals surface area contributed by atoms with E-state index in [9.17, 15) is 0 Å². The molecule has 0 saturated carbocycles. The van der Waals surface area contributed by atoms with E-state index in [-0.39, 0.29) is 0 Å². The fraction of sp³-hybridized carbons (Fsp3) is 0.391. The van der Waals surface area contributed by atoms with Gasteiger partial charge in [-0.1, -0.05) is 24.3 Å². The summed E-state index contributed by atoms with van der Waals surface area (Å²) in [5.74, 6) is 1.87. The molecule has 1 fully saturated rings. The van der Waals surface area contributed by atoms with E-state index >= 15 is 0 Å².